The fourth-order valence-electron chi connectivity index (χ4n) is 1.93. The number of aryl methyl sites for hydroxylation is 1. The Labute approximate surface area is 160 Å². The minimum absolute atomic E-state index is 0.165. The van der Waals surface area contributed by atoms with E-state index in [1.807, 2.05) is 32.0 Å². The van der Waals surface area contributed by atoms with Gasteiger partial charge in [0, 0.05) is 5.69 Å². The Morgan fingerprint density at radius 3 is 2.33 bits per heavy atom. The predicted octanol–water partition coefficient (Wildman–Crippen LogP) is 4.93. The fourth-order valence-corrected chi connectivity index (χ4v) is 1.93. The number of alkyl halides is 1. The minimum atomic E-state index is -1.68. The summed E-state index contributed by atoms with van der Waals surface area (Å²) >= 11 is 0. The molecular formula is C21H27FN2O3. The van der Waals surface area contributed by atoms with Gasteiger partial charge in [-0.15, -0.1) is 0 Å². The summed E-state index contributed by atoms with van der Waals surface area (Å²) in [6, 6.07) is 13.9. The molecule has 0 radical (unpaired) electrons. The molecule has 2 aromatic carbocycles. The summed E-state index contributed by atoms with van der Waals surface area (Å²) in [7, 11) is 0.500. The van der Waals surface area contributed by atoms with E-state index in [9.17, 15) is 14.3 Å². The monoisotopic (exact) mass is 374 g/mol. The van der Waals surface area contributed by atoms with Gasteiger partial charge in [0.1, 0.15) is 12.4 Å². The zero-order valence-corrected chi connectivity index (χ0v) is 16.4. The van der Waals surface area contributed by atoms with Gasteiger partial charge in [0.05, 0.1) is 13.7 Å². The maximum Gasteiger partial charge on any atom is 0.259 e. The van der Waals surface area contributed by atoms with Gasteiger partial charge in [-0.2, -0.15) is 0 Å². The van der Waals surface area contributed by atoms with Crippen molar-refractivity contribution in [3.05, 3.63) is 65.5 Å². The average molecular weight is 374 g/mol. The highest BCUT2D eigenvalue weighted by Gasteiger charge is 2.31. The smallest absolute Gasteiger partial charge is 0.259 e. The van der Waals surface area contributed by atoms with E-state index in [1.165, 1.54) is 6.92 Å². The van der Waals surface area contributed by atoms with E-state index >= 15 is 0 Å². The number of hydrogen-bond donors (Lipinski definition) is 2. The number of rotatable bonds is 5. The lowest BCUT2D eigenvalue weighted by atomic mass is 10.1. The average Bonchev–Trinajstić information content (AvgIpc) is 2.70. The number of nitrogens with one attached hydrogen (secondary N) is 1. The van der Waals surface area contributed by atoms with Crippen molar-refractivity contribution in [2.75, 3.05) is 19.1 Å². The molecule has 0 aliphatic rings. The van der Waals surface area contributed by atoms with E-state index < -0.39 is 11.5 Å². The Balaban J connectivity index is 0.00000158. The molecule has 2 N–H and O–H groups in total. The van der Waals surface area contributed by atoms with Gasteiger partial charge in [0.15, 0.2) is 11.3 Å². The standard InChI is InChI=1S/C18H18N2O3.C2H6.CH3F/c1-13-11-14(9-10-16(13)19-3)20-17(21)18(2,22)12-23-15-7-5-4-6-8-15;2*1-2/h4-11,22H,12H2,1-2H3,(H,20,21);1-2H3;1H3/t18-;;/m0../s1. The number of halogens is 1. The van der Waals surface area contributed by atoms with Crippen molar-refractivity contribution < 1.29 is 19.0 Å². The van der Waals surface area contributed by atoms with Crippen molar-refractivity contribution in [1.82, 2.24) is 0 Å². The molecule has 1 amide bonds. The van der Waals surface area contributed by atoms with E-state index in [2.05, 4.69) is 10.2 Å². The number of anilines is 1. The molecule has 0 bridgehead atoms. The number of ether oxygens (including phenoxy) is 1. The normalized spacial score (nSPS) is 11.3. The number of carbonyl (C=O) groups excluding carboxylic acids is 1. The molecular weight excluding hydrogens is 347 g/mol. The van der Waals surface area contributed by atoms with E-state index in [1.54, 1.807) is 37.3 Å². The summed E-state index contributed by atoms with van der Waals surface area (Å²) in [5.41, 5.74) is 0.141. The van der Waals surface area contributed by atoms with Crippen molar-refractivity contribution in [2.24, 2.45) is 0 Å². The highest BCUT2D eigenvalue weighted by Crippen LogP contribution is 2.23. The summed E-state index contributed by atoms with van der Waals surface area (Å²) in [5, 5.41) is 12.9. The molecule has 0 aliphatic heterocycles. The molecule has 0 fully saturated rings. The highest BCUT2D eigenvalue weighted by molar-refractivity contribution is 5.97. The summed E-state index contributed by atoms with van der Waals surface area (Å²) in [6.07, 6.45) is 0. The number of carbonyl (C=O) groups is 1. The second-order valence-corrected chi connectivity index (χ2v) is 5.44. The first-order chi connectivity index (χ1) is 12.9. The largest absolute Gasteiger partial charge is 0.490 e. The molecule has 2 rings (SSSR count). The summed E-state index contributed by atoms with van der Waals surface area (Å²) in [4.78, 5) is 15.6. The molecule has 0 aromatic heterocycles. The first-order valence-corrected chi connectivity index (χ1v) is 8.50. The topological polar surface area (TPSA) is 62.9 Å². The summed E-state index contributed by atoms with van der Waals surface area (Å²) < 4.78 is 14.9. The predicted molar refractivity (Wildman–Crippen MR) is 107 cm³/mol. The Hall–Kier alpha value is -2.91. The van der Waals surface area contributed by atoms with Crippen LogP contribution in [0.5, 0.6) is 5.75 Å². The number of aliphatic hydroxyl groups is 1. The van der Waals surface area contributed by atoms with Crippen LogP contribution in [-0.2, 0) is 4.79 Å². The second-order valence-electron chi connectivity index (χ2n) is 5.44. The van der Waals surface area contributed by atoms with Crippen molar-refractivity contribution in [1.29, 1.82) is 0 Å². The van der Waals surface area contributed by atoms with Crippen molar-refractivity contribution in [3.63, 3.8) is 0 Å². The van der Waals surface area contributed by atoms with Crippen LogP contribution in [0.25, 0.3) is 4.85 Å². The van der Waals surface area contributed by atoms with Gasteiger partial charge in [0.2, 0.25) is 0 Å². The third-order valence-corrected chi connectivity index (χ3v) is 3.33. The number of hydrogen-bond acceptors (Lipinski definition) is 3. The van der Waals surface area contributed by atoms with Gasteiger partial charge in [-0.3, -0.25) is 9.18 Å². The zero-order chi connectivity index (χ0) is 20.9. The molecule has 0 heterocycles. The Morgan fingerprint density at radius 1 is 1.22 bits per heavy atom. The first kappa shape index (κ1) is 24.1. The molecule has 146 valence electrons. The lowest BCUT2D eigenvalue weighted by Gasteiger charge is -2.22. The van der Waals surface area contributed by atoms with E-state index in [4.69, 9.17) is 11.3 Å². The number of benzene rings is 2. The molecule has 0 spiro atoms. The van der Waals surface area contributed by atoms with Crippen LogP contribution >= 0.6 is 0 Å². The lowest BCUT2D eigenvalue weighted by molar-refractivity contribution is -0.135. The van der Waals surface area contributed by atoms with Crippen LogP contribution in [0.3, 0.4) is 0 Å². The van der Waals surface area contributed by atoms with Crippen LogP contribution in [0.15, 0.2) is 48.5 Å². The van der Waals surface area contributed by atoms with Crippen molar-refractivity contribution in [3.8, 4) is 5.75 Å². The maximum absolute atomic E-state index is 12.2. The number of nitrogens with zero attached hydrogens (tertiary/aromatic N) is 1. The third-order valence-electron chi connectivity index (χ3n) is 3.33. The molecule has 0 unspecified atom stereocenters. The Bertz CT molecular complexity index is 741. The van der Waals surface area contributed by atoms with E-state index in [0.717, 1.165) is 5.56 Å². The lowest BCUT2D eigenvalue weighted by Crippen LogP contribution is -2.45. The van der Waals surface area contributed by atoms with Crippen LogP contribution < -0.4 is 10.1 Å². The van der Waals surface area contributed by atoms with Crippen LogP contribution in [0.2, 0.25) is 0 Å². The molecule has 27 heavy (non-hydrogen) atoms. The molecule has 5 nitrogen and oxygen atoms in total. The molecule has 2 aromatic rings. The summed E-state index contributed by atoms with van der Waals surface area (Å²) in [6.45, 7) is 14.0. The second kappa shape index (κ2) is 12.4. The van der Waals surface area contributed by atoms with Crippen molar-refractivity contribution >= 4 is 17.3 Å². The highest BCUT2D eigenvalue weighted by atomic mass is 19.1. The maximum atomic E-state index is 12.2. The Kier molecular flexibility index (Phi) is 11.1. The molecule has 6 heteroatoms. The fraction of sp³-hybridized carbons (Fsp3) is 0.333. The number of para-hydroxylation sites is 1. The van der Waals surface area contributed by atoms with Gasteiger partial charge >= 0.3 is 0 Å². The van der Waals surface area contributed by atoms with E-state index in [0.29, 0.717) is 24.3 Å². The van der Waals surface area contributed by atoms with Gasteiger partial charge in [-0.1, -0.05) is 38.1 Å². The van der Waals surface area contributed by atoms with Crippen LogP contribution in [0.1, 0.15) is 26.3 Å². The van der Waals surface area contributed by atoms with Crippen LogP contribution in [0.4, 0.5) is 15.8 Å². The van der Waals surface area contributed by atoms with E-state index in [-0.39, 0.29) is 6.61 Å². The summed E-state index contributed by atoms with van der Waals surface area (Å²) in [5.74, 6) is 0.0150. The molecule has 1 atom stereocenters. The zero-order valence-electron chi connectivity index (χ0n) is 16.4. The number of amides is 1. The van der Waals surface area contributed by atoms with Crippen molar-refractivity contribution in [2.45, 2.75) is 33.3 Å². The molecule has 0 saturated carbocycles. The minimum Gasteiger partial charge on any atom is -0.490 e. The van der Waals surface area contributed by atoms with Gasteiger partial charge in [-0.05, 0) is 43.7 Å². The van der Waals surface area contributed by atoms with Gasteiger partial charge in [-0.25, -0.2) is 4.85 Å². The SMILES string of the molecule is CC.CF.[C-]#[N+]c1ccc(NC(=O)[C@@](C)(O)COc2ccccc2)cc1C. The third kappa shape index (κ3) is 7.89. The van der Waals surface area contributed by atoms with Gasteiger partial charge in [0.25, 0.3) is 5.91 Å². The van der Waals surface area contributed by atoms with Crippen LogP contribution in [-0.4, -0.2) is 30.4 Å². The molecule has 0 aliphatic carbocycles. The van der Waals surface area contributed by atoms with Gasteiger partial charge < -0.3 is 15.2 Å². The molecule has 0 saturated heterocycles. The van der Waals surface area contributed by atoms with Crippen LogP contribution in [0, 0.1) is 13.5 Å². The Morgan fingerprint density at radius 2 is 1.81 bits per heavy atom. The first-order valence-electron chi connectivity index (χ1n) is 8.50. The quantitative estimate of drug-likeness (QED) is 0.730.